The second-order valence-electron chi connectivity index (χ2n) is 4.96. The maximum absolute atomic E-state index is 12.2. The third kappa shape index (κ3) is 3.17. The lowest BCUT2D eigenvalue weighted by atomic mass is 10.0. The van der Waals surface area contributed by atoms with E-state index in [-0.39, 0.29) is 11.9 Å². The van der Waals surface area contributed by atoms with E-state index in [9.17, 15) is 9.59 Å². The summed E-state index contributed by atoms with van der Waals surface area (Å²) in [6.45, 7) is 2.68. The Morgan fingerprint density at radius 3 is 2.80 bits per heavy atom. The van der Waals surface area contributed by atoms with Gasteiger partial charge in [0.15, 0.2) is 0 Å². The van der Waals surface area contributed by atoms with Crippen molar-refractivity contribution in [1.29, 1.82) is 0 Å². The van der Waals surface area contributed by atoms with E-state index in [4.69, 9.17) is 4.74 Å². The highest BCUT2D eigenvalue weighted by molar-refractivity contribution is 5.98. The maximum Gasteiger partial charge on any atom is 0.338 e. The van der Waals surface area contributed by atoms with Gasteiger partial charge in [0.1, 0.15) is 0 Å². The zero-order chi connectivity index (χ0) is 14.5. The lowest BCUT2D eigenvalue weighted by Gasteiger charge is -2.23. The molecule has 1 aromatic rings. The molecule has 1 aromatic carbocycles. The first kappa shape index (κ1) is 14.5. The van der Waals surface area contributed by atoms with Crippen LogP contribution in [0.4, 0.5) is 5.69 Å². The molecule has 5 heteroatoms. The van der Waals surface area contributed by atoms with Crippen LogP contribution in [0.2, 0.25) is 0 Å². The Bertz CT molecular complexity index is 508. The van der Waals surface area contributed by atoms with Crippen molar-refractivity contribution in [2.24, 2.45) is 0 Å². The van der Waals surface area contributed by atoms with Crippen molar-refractivity contribution in [2.75, 3.05) is 19.0 Å². The predicted octanol–water partition coefficient (Wildman–Crippen LogP) is 1.86. The smallest absolute Gasteiger partial charge is 0.338 e. The van der Waals surface area contributed by atoms with E-state index in [0.717, 1.165) is 31.4 Å². The molecule has 0 unspecified atom stereocenters. The number of anilines is 1. The zero-order valence-corrected chi connectivity index (χ0v) is 11.9. The Labute approximate surface area is 118 Å². The second kappa shape index (κ2) is 6.52. The largest absolute Gasteiger partial charge is 0.465 e. The van der Waals surface area contributed by atoms with Gasteiger partial charge in [-0.1, -0.05) is 12.5 Å². The van der Waals surface area contributed by atoms with Crippen LogP contribution in [-0.4, -0.2) is 31.6 Å². The van der Waals surface area contributed by atoms with Gasteiger partial charge in [-0.05, 0) is 44.0 Å². The van der Waals surface area contributed by atoms with E-state index < -0.39 is 5.97 Å². The quantitative estimate of drug-likeness (QED) is 0.827. The van der Waals surface area contributed by atoms with Crippen molar-refractivity contribution in [2.45, 2.75) is 32.2 Å². The van der Waals surface area contributed by atoms with Gasteiger partial charge in [-0.3, -0.25) is 4.79 Å². The van der Waals surface area contributed by atoms with Crippen molar-refractivity contribution in [3.63, 3.8) is 0 Å². The summed E-state index contributed by atoms with van der Waals surface area (Å²) in [5, 5.41) is 6.09. The molecule has 1 heterocycles. The number of carbonyl (C=O) groups is 2. The Morgan fingerprint density at radius 1 is 1.35 bits per heavy atom. The Kier molecular flexibility index (Phi) is 4.74. The lowest BCUT2D eigenvalue weighted by Crippen LogP contribution is -2.43. The molecule has 0 aromatic heterocycles. The highest BCUT2D eigenvalue weighted by Gasteiger charge is 2.21. The van der Waals surface area contributed by atoms with Gasteiger partial charge in [-0.15, -0.1) is 0 Å². The first-order valence-corrected chi connectivity index (χ1v) is 6.85. The number of methoxy groups -OCH3 is 1. The molecule has 20 heavy (non-hydrogen) atoms. The molecule has 0 spiro atoms. The predicted molar refractivity (Wildman–Crippen MR) is 76.8 cm³/mol. The molecule has 1 atom stereocenters. The van der Waals surface area contributed by atoms with Crippen LogP contribution in [0.25, 0.3) is 0 Å². The van der Waals surface area contributed by atoms with Gasteiger partial charge in [0, 0.05) is 5.69 Å². The highest BCUT2D eigenvalue weighted by atomic mass is 16.5. The van der Waals surface area contributed by atoms with Crippen LogP contribution in [0.3, 0.4) is 0 Å². The molecular formula is C15H20N2O3. The molecule has 0 radical (unpaired) electrons. The van der Waals surface area contributed by atoms with Crippen LogP contribution < -0.4 is 10.6 Å². The number of ether oxygens (including phenoxy) is 1. The summed E-state index contributed by atoms with van der Waals surface area (Å²) in [5.41, 5.74) is 1.86. The summed E-state index contributed by atoms with van der Waals surface area (Å²) in [7, 11) is 1.35. The van der Waals surface area contributed by atoms with Crippen molar-refractivity contribution in [3.05, 3.63) is 29.3 Å². The van der Waals surface area contributed by atoms with E-state index in [1.54, 1.807) is 25.1 Å². The number of hydrogen-bond acceptors (Lipinski definition) is 4. The summed E-state index contributed by atoms with van der Waals surface area (Å²) < 4.78 is 4.73. The minimum atomic E-state index is -0.394. The average Bonchev–Trinajstić information content (AvgIpc) is 2.49. The fraction of sp³-hybridized carbons (Fsp3) is 0.467. The van der Waals surface area contributed by atoms with Crippen LogP contribution in [-0.2, 0) is 9.53 Å². The van der Waals surface area contributed by atoms with Gasteiger partial charge in [0.05, 0.1) is 18.7 Å². The van der Waals surface area contributed by atoms with Gasteiger partial charge in [-0.25, -0.2) is 4.79 Å². The van der Waals surface area contributed by atoms with Gasteiger partial charge >= 0.3 is 5.97 Å². The minimum absolute atomic E-state index is 0.0465. The van der Waals surface area contributed by atoms with Crippen molar-refractivity contribution in [3.8, 4) is 0 Å². The fourth-order valence-electron chi connectivity index (χ4n) is 2.40. The van der Waals surface area contributed by atoms with Gasteiger partial charge in [-0.2, -0.15) is 0 Å². The monoisotopic (exact) mass is 276 g/mol. The molecule has 0 aliphatic carbocycles. The van der Waals surface area contributed by atoms with Gasteiger partial charge in [0.25, 0.3) is 0 Å². The number of piperidine rings is 1. The average molecular weight is 276 g/mol. The number of nitrogens with one attached hydrogen (secondary N) is 2. The number of hydrogen-bond donors (Lipinski definition) is 2. The summed E-state index contributed by atoms with van der Waals surface area (Å²) in [6.07, 6.45) is 3.02. The van der Waals surface area contributed by atoms with E-state index in [0.29, 0.717) is 11.3 Å². The topological polar surface area (TPSA) is 67.4 Å². The summed E-state index contributed by atoms with van der Waals surface area (Å²) in [4.78, 5) is 23.8. The fourth-order valence-corrected chi connectivity index (χ4v) is 2.40. The van der Waals surface area contributed by atoms with E-state index in [1.807, 2.05) is 0 Å². The second-order valence-corrected chi connectivity index (χ2v) is 4.96. The van der Waals surface area contributed by atoms with E-state index in [2.05, 4.69) is 10.6 Å². The third-order valence-electron chi connectivity index (χ3n) is 3.62. The minimum Gasteiger partial charge on any atom is -0.465 e. The molecule has 0 saturated carbocycles. The van der Waals surface area contributed by atoms with Crippen molar-refractivity contribution >= 4 is 17.6 Å². The first-order valence-electron chi connectivity index (χ1n) is 6.85. The molecule has 1 aliphatic rings. The Hall–Kier alpha value is -1.88. The number of benzene rings is 1. The molecule has 1 fully saturated rings. The third-order valence-corrected chi connectivity index (χ3v) is 3.62. The number of amides is 1. The summed E-state index contributed by atoms with van der Waals surface area (Å²) in [6, 6.07) is 5.08. The van der Waals surface area contributed by atoms with Gasteiger partial charge < -0.3 is 15.4 Å². The number of esters is 1. The van der Waals surface area contributed by atoms with E-state index >= 15 is 0 Å². The molecule has 108 valence electrons. The van der Waals surface area contributed by atoms with Crippen LogP contribution in [0.15, 0.2) is 18.2 Å². The molecule has 2 N–H and O–H groups in total. The van der Waals surface area contributed by atoms with Crippen LogP contribution in [0.5, 0.6) is 0 Å². The van der Waals surface area contributed by atoms with Crippen LogP contribution in [0, 0.1) is 6.92 Å². The van der Waals surface area contributed by atoms with Crippen LogP contribution >= 0.6 is 0 Å². The molecule has 1 aliphatic heterocycles. The molecular weight excluding hydrogens is 256 g/mol. The normalized spacial score (nSPS) is 18.4. The summed E-state index contributed by atoms with van der Waals surface area (Å²) >= 11 is 0. The molecule has 2 rings (SSSR count). The zero-order valence-electron chi connectivity index (χ0n) is 11.9. The van der Waals surface area contributed by atoms with Crippen LogP contribution in [0.1, 0.15) is 35.2 Å². The maximum atomic E-state index is 12.2. The summed E-state index contributed by atoms with van der Waals surface area (Å²) in [5.74, 6) is -0.441. The highest BCUT2D eigenvalue weighted by Crippen LogP contribution is 2.20. The van der Waals surface area contributed by atoms with Crippen molar-refractivity contribution in [1.82, 2.24) is 5.32 Å². The Balaban J connectivity index is 2.12. The molecule has 0 bridgehead atoms. The molecule has 5 nitrogen and oxygen atoms in total. The standard InChI is InChI=1S/C15H20N2O3/c1-10-11(15(19)20-2)6-5-8-12(10)17-14(18)13-7-3-4-9-16-13/h5-6,8,13,16H,3-4,7,9H2,1-2H3,(H,17,18)/t13-/m1/s1. The van der Waals surface area contributed by atoms with Crippen molar-refractivity contribution < 1.29 is 14.3 Å². The molecule has 1 amide bonds. The number of carbonyl (C=O) groups excluding carboxylic acids is 2. The Morgan fingerprint density at radius 2 is 2.15 bits per heavy atom. The molecule has 1 saturated heterocycles. The first-order chi connectivity index (χ1) is 9.63. The number of rotatable bonds is 3. The van der Waals surface area contributed by atoms with Gasteiger partial charge in [0.2, 0.25) is 5.91 Å². The lowest BCUT2D eigenvalue weighted by molar-refractivity contribution is -0.118. The SMILES string of the molecule is COC(=O)c1cccc(NC(=O)[C@H]2CCCCN2)c1C. The van der Waals surface area contributed by atoms with E-state index in [1.165, 1.54) is 7.11 Å².